The summed E-state index contributed by atoms with van der Waals surface area (Å²) in [6.45, 7) is 0. The van der Waals surface area contributed by atoms with Gasteiger partial charge in [-0.25, -0.2) is 0 Å². The van der Waals surface area contributed by atoms with Gasteiger partial charge in [0.1, 0.15) is 0 Å². The summed E-state index contributed by atoms with van der Waals surface area (Å²) in [5.41, 5.74) is 0. The lowest BCUT2D eigenvalue weighted by atomic mass is 10.4. The van der Waals surface area contributed by atoms with Gasteiger partial charge < -0.3 is 4.42 Å². The number of benzene rings is 1. The maximum absolute atomic E-state index is 11.8. The Kier molecular flexibility index (Phi) is 5.81. The maximum atomic E-state index is 11.8. The van der Waals surface area contributed by atoms with E-state index in [0.717, 1.165) is 10.6 Å². The fourth-order valence-electron chi connectivity index (χ4n) is 1.87. The lowest BCUT2D eigenvalue weighted by molar-refractivity contribution is -0.112. The molecule has 0 aliphatic carbocycles. The van der Waals surface area contributed by atoms with Gasteiger partial charge in [-0.3, -0.25) is 10.1 Å². The summed E-state index contributed by atoms with van der Waals surface area (Å²) in [6.07, 6.45) is 3.84. The number of aromatic nitrogens is 2. The molecular weight excluding hydrogens is 342 g/mol. The van der Waals surface area contributed by atoms with Gasteiger partial charge in [-0.1, -0.05) is 29.4 Å². The number of nitrogens with zero attached hydrogens (tertiary/aromatic N) is 2. The van der Waals surface area contributed by atoms with E-state index < -0.39 is 0 Å². The van der Waals surface area contributed by atoms with Crippen molar-refractivity contribution in [3.63, 3.8) is 0 Å². The second-order valence-corrected chi connectivity index (χ2v) is 6.90. The molecule has 1 N–H and O–H groups in total. The minimum atomic E-state index is -0.294. The molecule has 1 amide bonds. The van der Waals surface area contributed by atoms with E-state index in [4.69, 9.17) is 4.42 Å². The SMILES string of the molecule is O=C(C=Cc1cccs1)Nc1nnc(CCSc2ccccc2)o1. The summed E-state index contributed by atoms with van der Waals surface area (Å²) in [4.78, 5) is 14.0. The number of rotatable bonds is 7. The molecule has 0 aliphatic rings. The van der Waals surface area contributed by atoms with Crippen LogP contribution in [0.1, 0.15) is 10.8 Å². The number of amides is 1. The summed E-state index contributed by atoms with van der Waals surface area (Å²) in [6, 6.07) is 14.1. The molecule has 122 valence electrons. The van der Waals surface area contributed by atoms with Gasteiger partial charge in [0.05, 0.1) is 0 Å². The standard InChI is InChI=1S/C17H15N3O2S2/c21-15(9-8-14-7-4-11-23-14)18-17-20-19-16(22-17)10-12-24-13-5-2-1-3-6-13/h1-9,11H,10,12H2,(H,18,20,21). The molecule has 0 atom stereocenters. The Balaban J connectivity index is 1.45. The molecule has 7 heteroatoms. The van der Waals surface area contributed by atoms with Crippen molar-refractivity contribution in [1.29, 1.82) is 0 Å². The van der Waals surface area contributed by atoms with Crippen LogP contribution >= 0.6 is 23.1 Å². The molecule has 0 bridgehead atoms. The summed E-state index contributed by atoms with van der Waals surface area (Å²) in [7, 11) is 0. The van der Waals surface area contributed by atoms with Crippen molar-refractivity contribution in [3.05, 3.63) is 64.7 Å². The van der Waals surface area contributed by atoms with Crippen molar-refractivity contribution < 1.29 is 9.21 Å². The number of aryl methyl sites for hydroxylation is 1. The molecule has 1 aromatic carbocycles. The average Bonchev–Trinajstić information content (AvgIpc) is 3.26. The Morgan fingerprint density at radius 3 is 2.88 bits per heavy atom. The monoisotopic (exact) mass is 357 g/mol. The predicted octanol–water partition coefficient (Wildman–Crippen LogP) is 4.12. The van der Waals surface area contributed by atoms with Crippen molar-refractivity contribution in [1.82, 2.24) is 10.2 Å². The maximum Gasteiger partial charge on any atom is 0.322 e. The van der Waals surface area contributed by atoms with Crippen LogP contribution in [0.5, 0.6) is 0 Å². The Labute approximate surface area is 147 Å². The highest BCUT2D eigenvalue weighted by atomic mass is 32.2. The second-order valence-electron chi connectivity index (χ2n) is 4.75. The Morgan fingerprint density at radius 1 is 1.21 bits per heavy atom. The summed E-state index contributed by atoms with van der Waals surface area (Å²) in [5, 5.41) is 12.3. The first-order valence-corrected chi connectivity index (χ1v) is 9.19. The van der Waals surface area contributed by atoms with Gasteiger partial charge in [0.2, 0.25) is 5.89 Å². The van der Waals surface area contributed by atoms with Crippen molar-refractivity contribution in [3.8, 4) is 0 Å². The van der Waals surface area contributed by atoms with E-state index in [1.54, 1.807) is 29.2 Å². The fraction of sp³-hybridized carbons (Fsp3) is 0.118. The Morgan fingerprint density at radius 2 is 2.08 bits per heavy atom. The number of carbonyl (C=O) groups is 1. The van der Waals surface area contributed by atoms with E-state index in [-0.39, 0.29) is 11.9 Å². The third-order valence-electron chi connectivity index (χ3n) is 2.97. The largest absolute Gasteiger partial charge is 0.408 e. The number of thioether (sulfide) groups is 1. The topological polar surface area (TPSA) is 68.0 Å². The van der Waals surface area contributed by atoms with Crippen LogP contribution in [0.15, 0.2) is 63.2 Å². The zero-order chi connectivity index (χ0) is 16.6. The van der Waals surface area contributed by atoms with Crippen LogP contribution in [0.3, 0.4) is 0 Å². The summed E-state index contributed by atoms with van der Waals surface area (Å²) in [5.74, 6) is 1.05. The van der Waals surface area contributed by atoms with Crippen molar-refractivity contribution in [2.24, 2.45) is 0 Å². The minimum Gasteiger partial charge on any atom is -0.408 e. The van der Waals surface area contributed by atoms with E-state index in [0.29, 0.717) is 12.3 Å². The van der Waals surface area contributed by atoms with Crippen LogP contribution in [-0.2, 0) is 11.2 Å². The van der Waals surface area contributed by atoms with Gasteiger partial charge in [0, 0.05) is 28.0 Å². The molecule has 3 rings (SSSR count). The number of hydrogen-bond acceptors (Lipinski definition) is 6. The van der Waals surface area contributed by atoms with E-state index in [1.165, 1.54) is 11.0 Å². The molecule has 0 unspecified atom stereocenters. The zero-order valence-corrected chi connectivity index (χ0v) is 14.3. The van der Waals surface area contributed by atoms with E-state index in [9.17, 15) is 4.79 Å². The fourth-order valence-corrected chi connectivity index (χ4v) is 3.35. The number of hydrogen-bond donors (Lipinski definition) is 1. The summed E-state index contributed by atoms with van der Waals surface area (Å²) < 4.78 is 5.43. The van der Waals surface area contributed by atoms with Gasteiger partial charge in [-0.05, 0) is 29.7 Å². The molecule has 24 heavy (non-hydrogen) atoms. The van der Waals surface area contributed by atoms with Crippen LogP contribution in [0.2, 0.25) is 0 Å². The normalized spacial score (nSPS) is 11.0. The second kappa shape index (κ2) is 8.47. The molecule has 0 saturated carbocycles. The molecule has 0 spiro atoms. The molecule has 2 heterocycles. The summed E-state index contributed by atoms with van der Waals surface area (Å²) >= 11 is 3.28. The molecule has 0 saturated heterocycles. The highest BCUT2D eigenvalue weighted by molar-refractivity contribution is 7.99. The molecule has 3 aromatic rings. The van der Waals surface area contributed by atoms with E-state index in [1.807, 2.05) is 35.7 Å². The van der Waals surface area contributed by atoms with Gasteiger partial charge in [-0.15, -0.1) is 28.2 Å². The highest BCUT2D eigenvalue weighted by Gasteiger charge is 2.08. The van der Waals surface area contributed by atoms with Gasteiger partial charge >= 0.3 is 6.01 Å². The third-order valence-corrected chi connectivity index (χ3v) is 4.82. The van der Waals surface area contributed by atoms with Crippen molar-refractivity contribution in [2.45, 2.75) is 11.3 Å². The first-order chi connectivity index (χ1) is 11.8. The molecule has 0 radical (unpaired) electrons. The minimum absolute atomic E-state index is 0.121. The Hall–Kier alpha value is -2.38. The smallest absolute Gasteiger partial charge is 0.322 e. The van der Waals surface area contributed by atoms with Crippen LogP contribution in [0, 0.1) is 0 Å². The lowest BCUT2D eigenvalue weighted by Crippen LogP contribution is -2.07. The van der Waals surface area contributed by atoms with Gasteiger partial charge in [0.25, 0.3) is 5.91 Å². The Bertz CT molecular complexity index is 798. The molecule has 2 aromatic heterocycles. The number of anilines is 1. The predicted molar refractivity (Wildman–Crippen MR) is 97.2 cm³/mol. The first-order valence-electron chi connectivity index (χ1n) is 7.32. The first kappa shape index (κ1) is 16.5. The molecular formula is C17H15N3O2S2. The van der Waals surface area contributed by atoms with Crippen molar-refractivity contribution >= 4 is 41.1 Å². The lowest BCUT2D eigenvalue weighted by Gasteiger charge is -1.98. The van der Waals surface area contributed by atoms with E-state index in [2.05, 4.69) is 27.6 Å². The van der Waals surface area contributed by atoms with Crippen LogP contribution < -0.4 is 5.32 Å². The van der Waals surface area contributed by atoms with E-state index >= 15 is 0 Å². The zero-order valence-electron chi connectivity index (χ0n) is 12.7. The van der Waals surface area contributed by atoms with Crippen molar-refractivity contribution in [2.75, 3.05) is 11.1 Å². The molecule has 0 aliphatic heterocycles. The third kappa shape index (κ3) is 5.07. The highest BCUT2D eigenvalue weighted by Crippen LogP contribution is 2.18. The quantitative estimate of drug-likeness (QED) is 0.509. The van der Waals surface area contributed by atoms with Gasteiger partial charge in [-0.2, -0.15) is 0 Å². The van der Waals surface area contributed by atoms with Crippen LogP contribution in [-0.4, -0.2) is 21.9 Å². The number of thiophene rings is 1. The molecule has 5 nitrogen and oxygen atoms in total. The average molecular weight is 357 g/mol. The van der Waals surface area contributed by atoms with Gasteiger partial charge in [0.15, 0.2) is 0 Å². The van der Waals surface area contributed by atoms with Crippen LogP contribution in [0.4, 0.5) is 6.01 Å². The number of carbonyl (C=O) groups excluding carboxylic acids is 1. The number of nitrogens with one attached hydrogen (secondary N) is 1. The van der Waals surface area contributed by atoms with Crippen LogP contribution in [0.25, 0.3) is 6.08 Å². The molecule has 0 fully saturated rings.